The van der Waals surface area contributed by atoms with Crippen LogP contribution in [0.2, 0.25) is 0 Å². The number of nitrogens with zero attached hydrogens (tertiary/aromatic N) is 2. The maximum absolute atomic E-state index is 13.5. The third-order valence-electron chi connectivity index (χ3n) is 6.05. The average Bonchev–Trinajstić information content (AvgIpc) is 2.90. The van der Waals surface area contributed by atoms with E-state index in [1.54, 1.807) is 32.1 Å². The summed E-state index contributed by atoms with van der Waals surface area (Å²) in [5, 5.41) is 1.84. The third-order valence-corrected chi connectivity index (χ3v) is 6.05. The molecular formula is C23H30N2O5. The number of hydrogen-bond acceptors (Lipinski definition) is 6. The number of hydroxylamine groups is 2. The number of benzene rings is 1. The van der Waals surface area contributed by atoms with Gasteiger partial charge in [-0.2, -0.15) is 5.06 Å². The van der Waals surface area contributed by atoms with Crippen LogP contribution in [-0.2, 0) is 19.1 Å². The summed E-state index contributed by atoms with van der Waals surface area (Å²) in [5.74, 6) is 0.189. The second-order valence-corrected chi connectivity index (χ2v) is 7.75. The van der Waals surface area contributed by atoms with Crippen LogP contribution in [0.25, 0.3) is 11.6 Å². The fraction of sp³-hybridized carbons (Fsp3) is 0.478. The van der Waals surface area contributed by atoms with E-state index >= 15 is 0 Å². The topological polar surface area (TPSA) is 68.3 Å². The predicted octanol–water partition coefficient (Wildman–Crippen LogP) is 3.70. The number of carbonyl (C=O) groups excluding carboxylic acids is 2. The lowest BCUT2D eigenvalue weighted by atomic mass is 9.84. The maximum Gasteiger partial charge on any atom is 0.513 e. The number of likely N-dealkylation sites (N-methyl/N-ethyl adjacent to an activating group) is 1. The molecule has 7 nitrogen and oxygen atoms in total. The predicted molar refractivity (Wildman–Crippen MR) is 114 cm³/mol. The lowest BCUT2D eigenvalue weighted by Gasteiger charge is -2.43. The van der Waals surface area contributed by atoms with Crippen LogP contribution in [0.3, 0.4) is 0 Å². The van der Waals surface area contributed by atoms with E-state index < -0.39 is 11.7 Å². The standard InChI is InChI=1S/C23H30N2O5/c1-7-17-14-15(3)13-16(4)18(17)19-20(30-22(27)29-8-2)23(24(5)21(19)26)9-11-25(28-6)12-10-23/h7,13-14H,1,8-12H2,2-6H3. The molecule has 0 bridgehead atoms. The third kappa shape index (κ3) is 3.63. The number of piperidine rings is 1. The van der Waals surface area contributed by atoms with Crippen molar-refractivity contribution in [1.82, 2.24) is 9.96 Å². The van der Waals surface area contributed by atoms with Crippen LogP contribution >= 0.6 is 0 Å². The molecule has 1 aromatic carbocycles. The molecule has 0 aliphatic carbocycles. The molecule has 0 radical (unpaired) electrons. The number of rotatable bonds is 5. The molecule has 1 fully saturated rings. The SMILES string of the molecule is C=Cc1cc(C)cc(C)c1C1=C(OC(=O)OCC)C2(CCN(OC)CC2)N(C)C1=O. The van der Waals surface area contributed by atoms with Crippen molar-refractivity contribution in [3.05, 3.63) is 46.7 Å². The van der Waals surface area contributed by atoms with E-state index in [0.717, 1.165) is 22.3 Å². The normalized spacial score (nSPS) is 18.8. The van der Waals surface area contributed by atoms with Gasteiger partial charge in [0.05, 0.1) is 19.3 Å². The zero-order valence-corrected chi connectivity index (χ0v) is 18.4. The fourth-order valence-electron chi connectivity index (χ4n) is 4.55. The van der Waals surface area contributed by atoms with Crippen molar-refractivity contribution in [2.24, 2.45) is 0 Å². The van der Waals surface area contributed by atoms with E-state index in [0.29, 0.717) is 37.3 Å². The molecule has 1 amide bonds. The molecule has 0 aromatic heterocycles. The first-order valence-corrected chi connectivity index (χ1v) is 10.2. The van der Waals surface area contributed by atoms with Gasteiger partial charge >= 0.3 is 6.16 Å². The minimum Gasteiger partial charge on any atom is -0.434 e. The van der Waals surface area contributed by atoms with Crippen LogP contribution in [0.15, 0.2) is 24.5 Å². The minimum atomic E-state index is -0.799. The van der Waals surface area contributed by atoms with Gasteiger partial charge in [-0.1, -0.05) is 30.4 Å². The van der Waals surface area contributed by atoms with Gasteiger partial charge in [-0.25, -0.2) is 4.79 Å². The van der Waals surface area contributed by atoms with Gasteiger partial charge in [0.25, 0.3) is 5.91 Å². The Labute approximate surface area is 177 Å². The minimum absolute atomic E-state index is 0.171. The Kier molecular flexibility index (Phi) is 6.33. The Bertz CT molecular complexity index is 897. The molecule has 30 heavy (non-hydrogen) atoms. The van der Waals surface area contributed by atoms with Gasteiger partial charge < -0.3 is 19.2 Å². The van der Waals surface area contributed by atoms with Crippen LogP contribution in [0.1, 0.15) is 42.0 Å². The lowest BCUT2D eigenvalue weighted by molar-refractivity contribution is -0.162. The van der Waals surface area contributed by atoms with E-state index in [1.807, 2.05) is 31.0 Å². The molecule has 2 heterocycles. The Morgan fingerprint density at radius 3 is 2.50 bits per heavy atom. The molecule has 0 N–H and O–H groups in total. The van der Waals surface area contributed by atoms with Crippen molar-refractivity contribution in [2.75, 3.05) is 33.9 Å². The quantitative estimate of drug-likeness (QED) is 0.685. The number of hydrogen-bond donors (Lipinski definition) is 0. The lowest BCUT2D eigenvalue weighted by Crippen LogP contribution is -2.53. The Morgan fingerprint density at radius 2 is 1.93 bits per heavy atom. The number of aryl methyl sites for hydroxylation is 2. The first kappa shape index (κ1) is 22.1. The summed E-state index contributed by atoms with van der Waals surface area (Å²) in [6, 6.07) is 4.00. The van der Waals surface area contributed by atoms with Gasteiger partial charge in [-0.3, -0.25) is 4.79 Å². The van der Waals surface area contributed by atoms with Crippen molar-refractivity contribution < 1.29 is 23.9 Å². The van der Waals surface area contributed by atoms with Crippen LogP contribution in [0.5, 0.6) is 0 Å². The number of carbonyl (C=O) groups is 2. The zero-order valence-electron chi connectivity index (χ0n) is 18.4. The van der Waals surface area contributed by atoms with Crippen molar-refractivity contribution in [3.63, 3.8) is 0 Å². The van der Waals surface area contributed by atoms with E-state index in [1.165, 1.54) is 0 Å². The van der Waals surface area contributed by atoms with E-state index in [-0.39, 0.29) is 12.5 Å². The molecule has 1 spiro atoms. The summed E-state index contributed by atoms with van der Waals surface area (Å²) in [6.07, 6.45) is 2.09. The van der Waals surface area contributed by atoms with Gasteiger partial charge in [0.1, 0.15) is 5.54 Å². The van der Waals surface area contributed by atoms with Crippen LogP contribution in [0, 0.1) is 13.8 Å². The van der Waals surface area contributed by atoms with Gasteiger partial charge in [0.15, 0.2) is 5.76 Å². The van der Waals surface area contributed by atoms with E-state index in [4.69, 9.17) is 14.3 Å². The van der Waals surface area contributed by atoms with Crippen molar-refractivity contribution in [3.8, 4) is 0 Å². The Morgan fingerprint density at radius 1 is 1.27 bits per heavy atom. The Hall–Kier alpha value is -2.64. The first-order chi connectivity index (χ1) is 14.3. The second kappa shape index (κ2) is 8.62. The molecule has 7 heteroatoms. The number of ether oxygens (including phenoxy) is 2. The second-order valence-electron chi connectivity index (χ2n) is 7.75. The van der Waals surface area contributed by atoms with E-state index in [2.05, 4.69) is 6.58 Å². The highest BCUT2D eigenvalue weighted by atomic mass is 16.7. The van der Waals surface area contributed by atoms with Crippen molar-refractivity contribution in [1.29, 1.82) is 0 Å². The van der Waals surface area contributed by atoms with Gasteiger partial charge in [-0.05, 0) is 44.7 Å². The molecule has 2 aliphatic rings. The van der Waals surface area contributed by atoms with Gasteiger partial charge in [0.2, 0.25) is 0 Å². The van der Waals surface area contributed by atoms with Crippen LogP contribution < -0.4 is 0 Å². The summed E-state index contributed by atoms with van der Waals surface area (Å²) in [4.78, 5) is 33.0. The van der Waals surface area contributed by atoms with Crippen LogP contribution in [0.4, 0.5) is 4.79 Å². The molecule has 0 atom stereocenters. The molecule has 1 saturated heterocycles. The summed E-state index contributed by atoms with van der Waals surface area (Å²) in [5.41, 5.74) is 3.26. The fourth-order valence-corrected chi connectivity index (χ4v) is 4.55. The summed E-state index contributed by atoms with van der Waals surface area (Å²) in [6.45, 7) is 11.0. The maximum atomic E-state index is 13.5. The Balaban J connectivity index is 2.22. The zero-order chi connectivity index (χ0) is 22.1. The highest BCUT2D eigenvalue weighted by Gasteiger charge is 2.54. The highest BCUT2D eigenvalue weighted by molar-refractivity contribution is 6.24. The smallest absolute Gasteiger partial charge is 0.434 e. The van der Waals surface area contributed by atoms with Crippen molar-refractivity contribution >= 4 is 23.7 Å². The summed E-state index contributed by atoms with van der Waals surface area (Å²) >= 11 is 0. The molecular weight excluding hydrogens is 384 g/mol. The van der Waals surface area contributed by atoms with Crippen molar-refractivity contribution in [2.45, 2.75) is 39.2 Å². The molecule has 162 valence electrons. The van der Waals surface area contributed by atoms with E-state index in [9.17, 15) is 9.59 Å². The molecule has 0 unspecified atom stereocenters. The summed E-state index contributed by atoms with van der Waals surface area (Å²) < 4.78 is 10.8. The molecule has 2 aliphatic heterocycles. The largest absolute Gasteiger partial charge is 0.513 e. The average molecular weight is 415 g/mol. The first-order valence-electron chi connectivity index (χ1n) is 10.2. The highest BCUT2D eigenvalue weighted by Crippen LogP contribution is 2.47. The molecule has 1 aromatic rings. The number of amides is 1. The van der Waals surface area contributed by atoms with Crippen LogP contribution in [-0.4, -0.2) is 61.4 Å². The van der Waals surface area contributed by atoms with Gasteiger partial charge in [0, 0.05) is 25.7 Å². The monoisotopic (exact) mass is 414 g/mol. The summed E-state index contributed by atoms with van der Waals surface area (Å²) in [7, 11) is 3.40. The molecule has 0 saturated carbocycles. The van der Waals surface area contributed by atoms with Gasteiger partial charge in [-0.15, -0.1) is 0 Å². The molecule has 3 rings (SSSR count).